The van der Waals surface area contributed by atoms with Crippen molar-refractivity contribution in [2.45, 2.75) is 44.6 Å². The number of benzene rings is 2. The number of nitrogens with one attached hydrogen (secondary N) is 2. The van der Waals surface area contributed by atoms with Crippen LogP contribution in [0.1, 0.15) is 33.6 Å². The molecule has 1 amide bonds. The Balaban J connectivity index is 1.77. The lowest BCUT2D eigenvalue weighted by atomic mass is 10.00. The molecule has 0 spiro atoms. The summed E-state index contributed by atoms with van der Waals surface area (Å²) >= 11 is 0. The summed E-state index contributed by atoms with van der Waals surface area (Å²) in [5.74, 6) is -5.30. The summed E-state index contributed by atoms with van der Waals surface area (Å²) in [7, 11) is -3.94. The lowest BCUT2D eigenvalue weighted by Gasteiger charge is -2.22. The number of carbonyl (C=O) groups excluding carboxylic acids is 1. The molecule has 204 valence electrons. The standard InChI is InChI=1S/C26H29F3N4O4S/c1-4-37-26-23(28)24(22(27)25(29)33-26)32-18(13-15(2)3)14-21(34)31-17-11-9-16(10-12-17)19-7-5-6-8-20(19)38(30,35)36/h5-12,15,18H,4,13-14H2,1-3H3,(H,31,34)(H,32,33)(H2,30,35,36)/t18-/m0/s1. The predicted octanol–water partition coefficient (Wildman–Crippen LogP) is 5.07. The lowest BCUT2D eigenvalue weighted by molar-refractivity contribution is -0.116. The normalized spacial score (nSPS) is 12.3. The van der Waals surface area contributed by atoms with Crippen molar-refractivity contribution in [1.82, 2.24) is 4.98 Å². The van der Waals surface area contributed by atoms with Gasteiger partial charge in [0.25, 0.3) is 11.8 Å². The number of carbonyl (C=O) groups is 1. The number of primary sulfonamides is 1. The van der Waals surface area contributed by atoms with Gasteiger partial charge in [-0.2, -0.15) is 18.2 Å². The van der Waals surface area contributed by atoms with E-state index in [9.17, 15) is 26.4 Å². The van der Waals surface area contributed by atoms with E-state index in [1.54, 1.807) is 49.4 Å². The smallest absolute Gasteiger partial charge is 0.255 e. The van der Waals surface area contributed by atoms with E-state index < -0.39 is 51.1 Å². The van der Waals surface area contributed by atoms with Crippen LogP contribution < -0.4 is 20.5 Å². The number of hydrogen-bond donors (Lipinski definition) is 3. The van der Waals surface area contributed by atoms with Crippen molar-refractivity contribution in [3.05, 3.63) is 66.1 Å². The molecule has 8 nitrogen and oxygen atoms in total. The molecule has 4 N–H and O–H groups in total. The van der Waals surface area contributed by atoms with Crippen molar-refractivity contribution in [2.24, 2.45) is 11.1 Å². The molecule has 12 heteroatoms. The van der Waals surface area contributed by atoms with Crippen molar-refractivity contribution in [2.75, 3.05) is 17.2 Å². The third-order valence-electron chi connectivity index (χ3n) is 5.50. The molecule has 38 heavy (non-hydrogen) atoms. The number of rotatable bonds is 11. The van der Waals surface area contributed by atoms with Crippen LogP contribution in [0.15, 0.2) is 53.4 Å². The maximum atomic E-state index is 14.8. The molecule has 0 bridgehead atoms. The maximum absolute atomic E-state index is 14.8. The summed E-state index contributed by atoms with van der Waals surface area (Å²) in [5.41, 5.74) is 0.648. The SMILES string of the molecule is CCOc1nc(F)c(F)c(N[C@H](CC(=O)Nc2ccc(-c3ccccc3S(N)(=O)=O)cc2)CC(C)C)c1F. The highest BCUT2D eigenvalue weighted by Crippen LogP contribution is 2.30. The van der Waals surface area contributed by atoms with E-state index in [0.717, 1.165) is 0 Å². The third-order valence-corrected chi connectivity index (χ3v) is 6.47. The van der Waals surface area contributed by atoms with Gasteiger partial charge in [0.05, 0.1) is 11.5 Å². The Kier molecular flexibility index (Phi) is 9.34. The molecule has 0 saturated heterocycles. The minimum Gasteiger partial charge on any atom is -0.476 e. The summed E-state index contributed by atoms with van der Waals surface area (Å²) < 4.78 is 71.9. The molecule has 0 aliphatic heterocycles. The van der Waals surface area contributed by atoms with E-state index >= 15 is 0 Å². The Labute approximate surface area is 219 Å². The second-order valence-corrected chi connectivity index (χ2v) is 10.5. The number of amides is 1. The van der Waals surface area contributed by atoms with Crippen molar-refractivity contribution < 1.29 is 31.1 Å². The molecular weight excluding hydrogens is 521 g/mol. The molecule has 0 aliphatic rings. The van der Waals surface area contributed by atoms with Crippen LogP contribution in [-0.2, 0) is 14.8 Å². The Morgan fingerprint density at radius 1 is 1.05 bits per heavy atom. The van der Waals surface area contributed by atoms with Crippen molar-refractivity contribution in [3.8, 4) is 17.0 Å². The molecule has 0 radical (unpaired) electrons. The highest BCUT2D eigenvalue weighted by Gasteiger charge is 2.25. The van der Waals surface area contributed by atoms with Gasteiger partial charge in [-0.3, -0.25) is 4.79 Å². The number of nitrogens with two attached hydrogens (primary N) is 1. The van der Waals surface area contributed by atoms with E-state index in [0.29, 0.717) is 23.2 Å². The lowest BCUT2D eigenvalue weighted by Crippen LogP contribution is -2.29. The van der Waals surface area contributed by atoms with Gasteiger partial charge in [-0.25, -0.2) is 13.6 Å². The highest BCUT2D eigenvalue weighted by atomic mass is 32.2. The number of nitrogens with zero attached hydrogens (tertiary/aromatic N) is 1. The van der Waals surface area contributed by atoms with E-state index in [2.05, 4.69) is 15.6 Å². The van der Waals surface area contributed by atoms with Crippen LogP contribution in [0.2, 0.25) is 0 Å². The van der Waals surface area contributed by atoms with Crippen molar-refractivity contribution >= 4 is 27.3 Å². The van der Waals surface area contributed by atoms with E-state index in [-0.39, 0.29) is 23.8 Å². The number of aromatic nitrogens is 1. The Bertz CT molecular complexity index is 1400. The first-order valence-electron chi connectivity index (χ1n) is 11.9. The number of halogens is 3. The van der Waals surface area contributed by atoms with Gasteiger partial charge in [-0.05, 0) is 43.0 Å². The van der Waals surface area contributed by atoms with Gasteiger partial charge in [0.2, 0.25) is 27.6 Å². The Hall–Kier alpha value is -3.64. The van der Waals surface area contributed by atoms with Gasteiger partial charge in [-0.1, -0.05) is 44.2 Å². The molecule has 1 aromatic heterocycles. The summed E-state index contributed by atoms with van der Waals surface area (Å²) in [4.78, 5) is 15.9. The van der Waals surface area contributed by atoms with Crippen molar-refractivity contribution in [1.29, 1.82) is 0 Å². The van der Waals surface area contributed by atoms with Gasteiger partial charge in [0.1, 0.15) is 5.69 Å². The molecule has 1 heterocycles. The van der Waals surface area contributed by atoms with E-state index in [1.165, 1.54) is 6.07 Å². The van der Waals surface area contributed by atoms with Crippen LogP contribution >= 0.6 is 0 Å². The van der Waals surface area contributed by atoms with Crippen molar-refractivity contribution in [3.63, 3.8) is 0 Å². The first-order chi connectivity index (χ1) is 17.9. The largest absolute Gasteiger partial charge is 0.476 e. The minimum absolute atomic E-state index is 0.00132. The van der Waals surface area contributed by atoms with Crippen LogP contribution in [0.5, 0.6) is 5.88 Å². The number of ether oxygens (including phenoxy) is 1. The van der Waals surface area contributed by atoms with Gasteiger partial charge < -0.3 is 15.4 Å². The maximum Gasteiger partial charge on any atom is 0.255 e. The number of anilines is 2. The Morgan fingerprint density at radius 2 is 1.71 bits per heavy atom. The fourth-order valence-corrected chi connectivity index (χ4v) is 4.70. The predicted molar refractivity (Wildman–Crippen MR) is 139 cm³/mol. The summed E-state index contributed by atoms with van der Waals surface area (Å²) in [6.45, 7) is 5.29. The average Bonchev–Trinajstić information content (AvgIpc) is 2.84. The molecule has 3 rings (SSSR count). The molecular formula is C26H29F3N4O4S. The topological polar surface area (TPSA) is 123 Å². The second kappa shape index (κ2) is 12.3. The van der Waals surface area contributed by atoms with E-state index in [1.807, 2.05) is 13.8 Å². The quantitative estimate of drug-likeness (QED) is 0.287. The van der Waals surface area contributed by atoms with Crippen LogP contribution in [0.4, 0.5) is 24.5 Å². The fourth-order valence-electron chi connectivity index (χ4n) is 3.94. The first kappa shape index (κ1) is 28.9. The summed E-state index contributed by atoms with van der Waals surface area (Å²) in [6.07, 6.45) is 0.171. The van der Waals surface area contributed by atoms with Crippen LogP contribution in [0, 0.1) is 23.5 Å². The second-order valence-electron chi connectivity index (χ2n) is 8.99. The number of sulfonamides is 1. The molecule has 0 unspecified atom stereocenters. The van der Waals surface area contributed by atoms with Gasteiger partial charge in [0.15, 0.2) is 0 Å². The number of hydrogen-bond acceptors (Lipinski definition) is 6. The summed E-state index contributed by atoms with van der Waals surface area (Å²) in [5, 5.41) is 10.6. The molecule has 3 aromatic rings. The molecule has 0 fully saturated rings. The zero-order chi connectivity index (χ0) is 28.0. The van der Waals surface area contributed by atoms with Crippen LogP contribution in [-0.4, -0.2) is 32.0 Å². The first-order valence-corrected chi connectivity index (χ1v) is 13.4. The summed E-state index contributed by atoms with van der Waals surface area (Å²) in [6, 6.07) is 12.0. The minimum atomic E-state index is -3.94. The molecule has 2 aromatic carbocycles. The zero-order valence-electron chi connectivity index (χ0n) is 21.1. The monoisotopic (exact) mass is 550 g/mol. The van der Waals surface area contributed by atoms with Crippen LogP contribution in [0.25, 0.3) is 11.1 Å². The highest BCUT2D eigenvalue weighted by molar-refractivity contribution is 7.89. The molecule has 1 atom stereocenters. The molecule has 0 aliphatic carbocycles. The number of pyridine rings is 1. The Morgan fingerprint density at radius 3 is 2.32 bits per heavy atom. The van der Waals surface area contributed by atoms with Gasteiger partial charge in [-0.15, -0.1) is 0 Å². The zero-order valence-corrected chi connectivity index (χ0v) is 21.9. The van der Waals surface area contributed by atoms with Gasteiger partial charge >= 0.3 is 0 Å². The molecule has 0 saturated carbocycles. The van der Waals surface area contributed by atoms with Gasteiger partial charge in [0, 0.05) is 23.7 Å². The fraction of sp³-hybridized carbons (Fsp3) is 0.308. The van der Waals surface area contributed by atoms with E-state index in [4.69, 9.17) is 9.88 Å². The van der Waals surface area contributed by atoms with Crippen LogP contribution in [0.3, 0.4) is 0 Å². The average molecular weight is 551 g/mol. The third kappa shape index (κ3) is 7.23.